The summed E-state index contributed by atoms with van der Waals surface area (Å²) >= 11 is 0. The summed E-state index contributed by atoms with van der Waals surface area (Å²) in [4.78, 5) is 16.5. The van der Waals surface area contributed by atoms with Crippen molar-refractivity contribution in [3.05, 3.63) is 64.5 Å². The number of amides is 1. The fourth-order valence-corrected chi connectivity index (χ4v) is 5.12. The lowest BCUT2D eigenvalue weighted by Gasteiger charge is -2.30. The van der Waals surface area contributed by atoms with Crippen LogP contribution in [0, 0.1) is 29.5 Å². The number of carbonyl (C=O) groups is 1. The molecule has 1 amide bonds. The maximum absolute atomic E-state index is 14.0. The number of hydrogen-bond donors (Lipinski definition) is 0. The Kier molecular flexibility index (Phi) is 6.09. The Bertz CT molecular complexity index is 1160. The van der Waals surface area contributed by atoms with Crippen molar-refractivity contribution in [3.8, 4) is 6.07 Å². The van der Waals surface area contributed by atoms with Crippen LogP contribution in [-0.4, -0.2) is 29.4 Å². The van der Waals surface area contributed by atoms with Crippen LogP contribution in [0.15, 0.2) is 36.4 Å². The number of likely N-dealkylation sites (tertiary alicyclic amines) is 1. The summed E-state index contributed by atoms with van der Waals surface area (Å²) in [6.45, 7) is 6.20. The van der Waals surface area contributed by atoms with E-state index in [0.29, 0.717) is 36.2 Å². The number of aryl methyl sites for hydroxylation is 1. The van der Waals surface area contributed by atoms with Gasteiger partial charge in [-0.25, -0.2) is 4.39 Å². The number of alkyl halides is 3. The van der Waals surface area contributed by atoms with Crippen molar-refractivity contribution in [3.63, 3.8) is 0 Å². The lowest BCUT2D eigenvalue weighted by molar-refractivity contribution is -0.138. The summed E-state index contributed by atoms with van der Waals surface area (Å²) in [5.41, 5.74) is 0.481. The Hall–Kier alpha value is -3.08. The summed E-state index contributed by atoms with van der Waals surface area (Å²) in [6, 6.07) is 9.71. The maximum Gasteiger partial charge on any atom is 0.416 e. The first-order chi connectivity index (χ1) is 16.0. The highest BCUT2D eigenvalue weighted by Crippen LogP contribution is 2.58. The zero-order valence-electron chi connectivity index (χ0n) is 19.4. The van der Waals surface area contributed by atoms with E-state index in [4.69, 9.17) is 0 Å². The van der Waals surface area contributed by atoms with Crippen LogP contribution in [0.1, 0.15) is 55.4 Å². The normalized spacial score (nSPS) is 22.7. The molecule has 2 aromatic rings. The Morgan fingerprint density at radius 1 is 1.26 bits per heavy atom. The van der Waals surface area contributed by atoms with Gasteiger partial charge in [0, 0.05) is 42.7 Å². The molecule has 1 aliphatic carbocycles. The molecule has 0 radical (unpaired) electrons. The van der Waals surface area contributed by atoms with Gasteiger partial charge in [-0.3, -0.25) is 4.79 Å². The molecule has 1 heterocycles. The number of carbonyl (C=O) groups excluding carboxylic acids is 1. The van der Waals surface area contributed by atoms with Gasteiger partial charge in [-0.05, 0) is 74.2 Å². The molecule has 2 aliphatic rings. The maximum atomic E-state index is 14.0. The van der Waals surface area contributed by atoms with Crippen molar-refractivity contribution in [1.82, 2.24) is 4.90 Å². The van der Waals surface area contributed by atoms with Gasteiger partial charge in [-0.1, -0.05) is 6.92 Å². The smallest absolute Gasteiger partial charge is 0.364 e. The van der Waals surface area contributed by atoms with Crippen molar-refractivity contribution in [2.75, 3.05) is 11.4 Å². The van der Waals surface area contributed by atoms with E-state index in [2.05, 4.69) is 6.07 Å². The molecule has 2 fully saturated rings. The van der Waals surface area contributed by atoms with Crippen molar-refractivity contribution in [2.45, 2.75) is 64.8 Å². The predicted molar refractivity (Wildman–Crippen MR) is 120 cm³/mol. The van der Waals surface area contributed by atoms with Gasteiger partial charge in [-0.15, -0.1) is 0 Å². The van der Waals surface area contributed by atoms with Crippen molar-refractivity contribution in [1.29, 1.82) is 5.26 Å². The molecule has 8 heteroatoms. The third kappa shape index (κ3) is 4.36. The Morgan fingerprint density at radius 2 is 2.00 bits per heavy atom. The zero-order valence-corrected chi connectivity index (χ0v) is 19.4. The molecule has 3 atom stereocenters. The van der Waals surface area contributed by atoms with E-state index in [1.807, 2.05) is 23.6 Å². The van der Waals surface area contributed by atoms with E-state index < -0.39 is 17.6 Å². The fourth-order valence-electron chi connectivity index (χ4n) is 5.12. The Morgan fingerprint density at radius 3 is 2.62 bits per heavy atom. The van der Waals surface area contributed by atoms with Crippen molar-refractivity contribution >= 4 is 11.6 Å². The van der Waals surface area contributed by atoms with Gasteiger partial charge in [0.2, 0.25) is 5.91 Å². The molecule has 0 N–H and O–H groups in total. The molecule has 1 saturated carbocycles. The molecule has 0 aromatic heterocycles. The van der Waals surface area contributed by atoms with Crippen LogP contribution >= 0.6 is 0 Å². The molecule has 180 valence electrons. The highest BCUT2D eigenvalue weighted by atomic mass is 19.4. The minimum Gasteiger partial charge on any atom is -0.364 e. The topological polar surface area (TPSA) is 47.3 Å². The van der Waals surface area contributed by atoms with Crippen LogP contribution in [0.4, 0.5) is 23.2 Å². The van der Waals surface area contributed by atoms with Crippen LogP contribution in [0.5, 0.6) is 0 Å². The van der Waals surface area contributed by atoms with Crippen LogP contribution in [0.2, 0.25) is 0 Å². The number of hydrogen-bond acceptors (Lipinski definition) is 3. The van der Waals surface area contributed by atoms with Crippen LogP contribution in [0.3, 0.4) is 0 Å². The Balaban J connectivity index is 1.73. The summed E-state index contributed by atoms with van der Waals surface area (Å²) in [5, 5.41) is 9.29. The van der Waals surface area contributed by atoms with Crippen LogP contribution in [0.25, 0.3) is 0 Å². The minimum atomic E-state index is -4.62. The number of rotatable bonds is 6. The van der Waals surface area contributed by atoms with Gasteiger partial charge in [-0.2, -0.15) is 18.4 Å². The largest absolute Gasteiger partial charge is 0.416 e. The first kappa shape index (κ1) is 24.1. The van der Waals surface area contributed by atoms with E-state index in [0.717, 1.165) is 24.6 Å². The average Bonchev–Trinajstić information content (AvgIpc) is 3.35. The fraction of sp³-hybridized carbons (Fsp3) is 0.462. The average molecular weight is 474 g/mol. The number of nitriles is 1. The number of halogens is 4. The quantitative estimate of drug-likeness (QED) is 0.497. The molecular formula is C26H27F4N3O. The van der Waals surface area contributed by atoms with E-state index in [1.54, 1.807) is 25.1 Å². The summed E-state index contributed by atoms with van der Waals surface area (Å²) in [7, 11) is 0. The Labute approximate surface area is 196 Å². The van der Waals surface area contributed by atoms with E-state index in [9.17, 15) is 27.6 Å². The van der Waals surface area contributed by atoms with Gasteiger partial charge < -0.3 is 9.80 Å². The molecule has 4 nitrogen and oxygen atoms in total. The van der Waals surface area contributed by atoms with Gasteiger partial charge in [0.05, 0.1) is 17.2 Å². The van der Waals surface area contributed by atoms with Crippen LogP contribution in [-0.2, 0) is 17.5 Å². The molecule has 2 aromatic carbocycles. The predicted octanol–water partition coefficient (Wildman–Crippen LogP) is 5.82. The second kappa shape index (κ2) is 8.61. The molecule has 1 spiro atoms. The lowest BCUT2D eigenvalue weighted by Crippen LogP contribution is -2.35. The van der Waals surface area contributed by atoms with Gasteiger partial charge in [0.1, 0.15) is 5.82 Å². The third-order valence-electron chi connectivity index (χ3n) is 7.33. The highest BCUT2D eigenvalue weighted by Gasteiger charge is 2.63. The number of anilines is 1. The number of nitrogens with zero attached hydrogens (tertiary/aromatic N) is 3. The second-order valence-corrected chi connectivity index (χ2v) is 9.58. The molecule has 34 heavy (non-hydrogen) atoms. The van der Waals surface area contributed by atoms with Crippen molar-refractivity contribution in [2.24, 2.45) is 5.41 Å². The number of benzene rings is 2. The molecule has 4 rings (SSSR count). The SMILES string of the molecule is CCC(C)N1C[C@]2(CC1=O)C[C@H]2N(Cc1cc(F)ccc1C(F)(F)F)c1ccc(C#N)c(C)c1. The molecule has 1 unspecified atom stereocenters. The third-order valence-corrected chi connectivity index (χ3v) is 7.33. The first-order valence-corrected chi connectivity index (χ1v) is 11.4. The van der Waals surface area contributed by atoms with E-state index >= 15 is 0 Å². The highest BCUT2D eigenvalue weighted by molar-refractivity contribution is 5.81. The first-order valence-electron chi connectivity index (χ1n) is 11.4. The monoisotopic (exact) mass is 473 g/mol. The second-order valence-electron chi connectivity index (χ2n) is 9.58. The summed E-state index contributed by atoms with van der Waals surface area (Å²) in [5.74, 6) is -0.669. The summed E-state index contributed by atoms with van der Waals surface area (Å²) in [6.07, 6.45) is -2.78. The molecular weight excluding hydrogens is 446 g/mol. The van der Waals surface area contributed by atoms with Gasteiger partial charge in [0.25, 0.3) is 0 Å². The van der Waals surface area contributed by atoms with Crippen molar-refractivity contribution < 1.29 is 22.4 Å². The standard InChI is InChI=1S/C26H27F4N3O/c1-4-17(3)33-15-25(12-24(33)34)11-23(25)32(21-7-5-18(13-31)16(2)9-21)14-19-10-20(27)6-8-22(19)26(28,29)30/h5-10,17,23H,4,11-12,14-15H2,1-3H3/t17?,23-,25-/m1/s1. The van der Waals surface area contributed by atoms with E-state index in [1.165, 1.54) is 0 Å². The lowest BCUT2D eigenvalue weighted by atomic mass is 10.0. The molecule has 0 bridgehead atoms. The van der Waals surface area contributed by atoms with Gasteiger partial charge in [0.15, 0.2) is 0 Å². The van der Waals surface area contributed by atoms with Crippen LogP contribution < -0.4 is 4.90 Å². The zero-order chi connectivity index (χ0) is 24.8. The van der Waals surface area contributed by atoms with E-state index in [-0.39, 0.29) is 35.5 Å². The van der Waals surface area contributed by atoms with Gasteiger partial charge >= 0.3 is 6.18 Å². The summed E-state index contributed by atoms with van der Waals surface area (Å²) < 4.78 is 55.1. The molecule has 1 aliphatic heterocycles. The minimum absolute atomic E-state index is 0.0644. The molecule has 1 saturated heterocycles.